The Kier molecular flexibility index (Phi) is 4.75. The van der Waals surface area contributed by atoms with Gasteiger partial charge in [0.25, 0.3) is 5.91 Å². The Morgan fingerprint density at radius 2 is 2.25 bits per heavy atom. The first kappa shape index (κ1) is 18.7. The van der Waals surface area contributed by atoms with Gasteiger partial charge in [-0.1, -0.05) is 6.07 Å². The maximum Gasteiger partial charge on any atom is 0.322 e. The van der Waals surface area contributed by atoms with E-state index in [0.717, 1.165) is 9.88 Å². The molecule has 0 aromatic carbocycles. The van der Waals surface area contributed by atoms with Crippen LogP contribution in [0.15, 0.2) is 29.9 Å². The van der Waals surface area contributed by atoms with E-state index >= 15 is 0 Å². The van der Waals surface area contributed by atoms with E-state index in [9.17, 15) is 14.7 Å². The van der Waals surface area contributed by atoms with Crippen molar-refractivity contribution in [2.45, 2.75) is 18.7 Å². The molecule has 4 heterocycles. The van der Waals surface area contributed by atoms with E-state index in [1.807, 2.05) is 24.4 Å². The lowest BCUT2D eigenvalue weighted by atomic mass is 9.98. The lowest BCUT2D eigenvalue weighted by molar-refractivity contribution is -0.124. The number of aromatic nitrogens is 3. The molecular weight excluding hydrogens is 400 g/mol. The molecule has 2 atom stereocenters. The minimum Gasteiger partial charge on any atom is -0.373 e. The summed E-state index contributed by atoms with van der Waals surface area (Å²) < 4.78 is 1.66. The number of carbonyl (C=O) groups is 2. The van der Waals surface area contributed by atoms with Crippen LogP contribution < -0.4 is 16.0 Å². The van der Waals surface area contributed by atoms with Crippen LogP contribution in [0.4, 0.5) is 4.79 Å². The summed E-state index contributed by atoms with van der Waals surface area (Å²) in [6, 6.07) is 3.32. The number of nitrogens with one attached hydrogen (secondary N) is 3. The first-order valence-corrected chi connectivity index (χ1v) is 10.1. The van der Waals surface area contributed by atoms with Crippen LogP contribution in [0.25, 0.3) is 9.88 Å². The number of hydrogen-bond donors (Lipinski definition) is 4. The number of thiazole rings is 1. The molecule has 146 valence electrons. The zero-order valence-electron chi connectivity index (χ0n) is 15.1. The highest BCUT2D eigenvalue weighted by molar-refractivity contribution is 7.21. The Labute approximate surface area is 168 Å². The molecule has 0 bridgehead atoms. The predicted octanol–water partition coefficient (Wildman–Crippen LogP) is 1.23. The van der Waals surface area contributed by atoms with Crippen molar-refractivity contribution in [3.63, 3.8) is 0 Å². The molecule has 3 amide bonds. The SMILES string of the molecule is Cc1nc(-c2cccs2)sc1C(O)NCC1(c2nccn2C)NC(=O)NC1=O. The van der Waals surface area contributed by atoms with Gasteiger partial charge in [-0.05, 0) is 18.4 Å². The van der Waals surface area contributed by atoms with Crippen LogP contribution in [0.3, 0.4) is 0 Å². The van der Waals surface area contributed by atoms with Crippen molar-refractivity contribution in [3.05, 3.63) is 46.3 Å². The van der Waals surface area contributed by atoms with Gasteiger partial charge >= 0.3 is 6.03 Å². The van der Waals surface area contributed by atoms with Gasteiger partial charge in [0, 0.05) is 26.0 Å². The zero-order chi connectivity index (χ0) is 19.9. The summed E-state index contributed by atoms with van der Waals surface area (Å²) >= 11 is 2.96. The fourth-order valence-electron chi connectivity index (χ4n) is 3.14. The molecule has 0 spiro atoms. The van der Waals surface area contributed by atoms with Crippen LogP contribution in [-0.2, 0) is 17.4 Å². The second-order valence-corrected chi connectivity index (χ2v) is 8.38. The third-order valence-electron chi connectivity index (χ3n) is 4.52. The number of rotatable bonds is 6. The van der Waals surface area contributed by atoms with Gasteiger partial charge < -0.3 is 15.0 Å². The molecule has 11 heteroatoms. The lowest BCUT2D eigenvalue weighted by Crippen LogP contribution is -2.53. The molecule has 0 aliphatic carbocycles. The molecule has 0 radical (unpaired) electrons. The zero-order valence-corrected chi connectivity index (χ0v) is 16.7. The maximum atomic E-state index is 12.6. The van der Waals surface area contributed by atoms with Crippen molar-refractivity contribution in [3.8, 4) is 9.88 Å². The predicted molar refractivity (Wildman–Crippen MR) is 105 cm³/mol. The normalized spacial score (nSPS) is 20.2. The molecule has 4 rings (SSSR count). The average molecular weight is 419 g/mol. The van der Waals surface area contributed by atoms with Crippen molar-refractivity contribution in [1.29, 1.82) is 0 Å². The van der Waals surface area contributed by atoms with Crippen LogP contribution >= 0.6 is 22.7 Å². The molecule has 1 fully saturated rings. The smallest absolute Gasteiger partial charge is 0.322 e. The molecule has 3 aromatic rings. The van der Waals surface area contributed by atoms with Crippen molar-refractivity contribution >= 4 is 34.6 Å². The molecule has 28 heavy (non-hydrogen) atoms. The lowest BCUT2D eigenvalue weighted by Gasteiger charge is -2.27. The largest absolute Gasteiger partial charge is 0.373 e. The Morgan fingerprint density at radius 3 is 2.86 bits per heavy atom. The Morgan fingerprint density at radius 1 is 1.43 bits per heavy atom. The van der Waals surface area contributed by atoms with Crippen LogP contribution in [0, 0.1) is 6.92 Å². The topological polar surface area (TPSA) is 121 Å². The number of thiophene rings is 1. The molecule has 0 saturated carbocycles. The third-order valence-corrected chi connectivity index (χ3v) is 6.77. The first-order chi connectivity index (χ1) is 13.4. The number of imidazole rings is 1. The molecule has 3 aromatic heterocycles. The minimum absolute atomic E-state index is 0.0394. The molecule has 4 N–H and O–H groups in total. The fourth-order valence-corrected chi connectivity index (χ4v) is 4.96. The van der Waals surface area contributed by atoms with E-state index in [2.05, 4.69) is 25.9 Å². The summed E-state index contributed by atoms with van der Waals surface area (Å²) in [5.74, 6) is -0.150. The fraction of sp³-hybridized carbons (Fsp3) is 0.294. The molecule has 1 aliphatic rings. The van der Waals surface area contributed by atoms with Gasteiger partial charge in [0.2, 0.25) is 0 Å². The summed E-state index contributed by atoms with van der Waals surface area (Å²) in [4.78, 5) is 34.8. The molecule has 1 saturated heterocycles. The van der Waals surface area contributed by atoms with Gasteiger partial charge in [0.15, 0.2) is 5.54 Å². The van der Waals surface area contributed by atoms with Crippen LogP contribution in [0.5, 0.6) is 0 Å². The van der Waals surface area contributed by atoms with Crippen molar-refractivity contribution < 1.29 is 14.7 Å². The van der Waals surface area contributed by atoms with E-state index in [1.54, 1.807) is 35.3 Å². The summed E-state index contributed by atoms with van der Waals surface area (Å²) in [5.41, 5.74) is -0.703. The highest BCUT2D eigenvalue weighted by Crippen LogP contribution is 2.34. The summed E-state index contributed by atoms with van der Waals surface area (Å²) in [6.45, 7) is 1.79. The number of imide groups is 1. The number of nitrogens with zero attached hydrogens (tertiary/aromatic N) is 3. The quantitative estimate of drug-likeness (QED) is 0.353. The third kappa shape index (κ3) is 3.11. The number of aliphatic hydroxyl groups is 1. The molecular formula is C17H18N6O3S2. The standard InChI is InChI=1S/C17H18N6O3S2/c1-9-11(28-13(20-9)10-4-3-7-27-10)12(24)19-8-17(14-18-5-6-23(14)2)15(25)21-16(26)22-17/h3-7,12,19,24H,8H2,1-2H3,(H2,21,22,25,26). The van der Waals surface area contributed by atoms with Gasteiger partial charge in [-0.3, -0.25) is 15.4 Å². The van der Waals surface area contributed by atoms with Gasteiger partial charge in [0.05, 0.1) is 15.4 Å². The van der Waals surface area contributed by atoms with E-state index in [1.165, 1.54) is 11.3 Å². The maximum absolute atomic E-state index is 12.6. The summed E-state index contributed by atoms with van der Waals surface area (Å²) in [6.07, 6.45) is 2.19. The molecule has 2 unspecified atom stereocenters. The van der Waals surface area contributed by atoms with Gasteiger partial charge in [-0.25, -0.2) is 14.8 Å². The number of aliphatic hydroxyl groups excluding tert-OH is 1. The second-order valence-electron chi connectivity index (χ2n) is 6.40. The molecule has 1 aliphatic heterocycles. The Bertz CT molecular complexity index is 1030. The average Bonchev–Trinajstić information content (AvgIpc) is 3.41. The van der Waals surface area contributed by atoms with E-state index < -0.39 is 23.7 Å². The highest BCUT2D eigenvalue weighted by Gasteiger charge is 2.50. The number of hydrogen-bond acceptors (Lipinski definition) is 8. The van der Waals surface area contributed by atoms with Crippen molar-refractivity contribution in [2.75, 3.05) is 6.54 Å². The van der Waals surface area contributed by atoms with Crippen molar-refractivity contribution in [2.24, 2.45) is 7.05 Å². The Balaban J connectivity index is 1.58. The van der Waals surface area contributed by atoms with Crippen LogP contribution in [0.2, 0.25) is 0 Å². The number of carbonyl (C=O) groups excluding carboxylic acids is 2. The highest BCUT2D eigenvalue weighted by atomic mass is 32.1. The number of amides is 3. The first-order valence-electron chi connectivity index (χ1n) is 8.45. The van der Waals surface area contributed by atoms with Crippen LogP contribution in [0.1, 0.15) is 22.6 Å². The molecule has 9 nitrogen and oxygen atoms in total. The number of aryl methyl sites for hydroxylation is 2. The van der Waals surface area contributed by atoms with E-state index in [0.29, 0.717) is 16.4 Å². The second kappa shape index (κ2) is 7.09. The van der Waals surface area contributed by atoms with Crippen molar-refractivity contribution in [1.82, 2.24) is 30.5 Å². The van der Waals surface area contributed by atoms with Gasteiger partial charge in [-0.15, -0.1) is 22.7 Å². The van der Waals surface area contributed by atoms with Crippen LogP contribution in [-0.4, -0.2) is 38.1 Å². The Hall–Kier alpha value is -2.60. The van der Waals surface area contributed by atoms with E-state index in [4.69, 9.17) is 0 Å². The van der Waals surface area contributed by atoms with E-state index in [-0.39, 0.29) is 6.54 Å². The number of urea groups is 1. The van der Waals surface area contributed by atoms with Gasteiger partial charge in [0.1, 0.15) is 17.1 Å². The minimum atomic E-state index is -1.41. The summed E-state index contributed by atoms with van der Waals surface area (Å²) in [7, 11) is 1.74. The summed E-state index contributed by atoms with van der Waals surface area (Å²) in [5, 5.41) is 21.3. The van der Waals surface area contributed by atoms with Gasteiger partial charge in [-0.2, -0.15) is 0 Å². The monoisotopic (exact) mass is 418 g/mol.